The summed E-state index contributed by atoms with van der Waals surface area (Å²) in [5.74, 6) is 0. The van der Waals surface area contributed by atoms with Gasteiger partial charge in [-0.3, -0.25) is 0 Å². The molecule has 0 unspecified atom stereocenters. The molecule has 12 heteroatoms. The molecule has 3 aromatic rings. The minimum atomic E-state index is -4.61. The van der Waals surface area contributed by atoms with Gasteiger partial charge in [0.15, 0.2) is 11.7 Å². The lowest BCUT2D eigenvalue weighted by molar-refractivity contribution is -0.171. The Morgan fingerprint density at radius 1 is 1.21 bits per heavy atom. The summed E-state index contributed by atoms with van der Waals surface area (Å²) in [6.45, 7) is 6.75. The maximum Gasteiger partial charge on any atom is 0.412 e. The van der Waals surface area contributed by atoms with E-state index in [9.17, 15) is 17.7 Å². The molecule has 186 valence electrons. The highest BCUT2D eigenvalue weighted by Crippen LogP contribution is 2.41. The lowest BCUT2D eigenvalue weighted by Crippen LogP contribution is -2.46. The number of alkyl halides is 3. The average molecular weight is 518 g/mol. The summed E-state index contributed by atoms with van der Waals surface area (Å²) < 4.78 is 61.5. The number of hydrogen-bond acceptors (Lipinski definition) is 6. The molecule has 0 spiro atoms. The Morgan fingerprint density at radius 2 is 1.82 bits per heavy atom. The third kappa shape index (κ3) is 5.60. The number of nitrogens with zero attached hydrogens (tertiary/aromatic N) is 4. The number of nitrogens with one attached hydrogen (secondary N) is 1. The summed E-state index contributed by atoms with van der Waals surface area (Å²) in [5, 5.41) is 7.73. The standard InChI is InChI=1S/C22H27ClF3N5O2S/c1-13(33-6)18-16(11-27-31-12-17(23)29-20(18)31)28-15-9-7-14(8-10-15)19(22(24,25)26)30(5)34(32)21(2,3)4/h7-13,19,28H,1-6H3/t13-,19-,34+/m0/s1. The maximum absolute atomic E-state index is 13.9. The van der Waals surface area contributed by atoms with E-state index < -0.39 is 28.3 Å². The van der Waals surface area contributed by atoms with Gasteiger partial charge in [-0.1, -0.05) is 23.7 Å². The predicted octanol–water partition coefficient (Wildman–Crippen LogP) is 5.83. The second-order valence-corrected chi connectivity index (χ2v) is 11.5. The number of aromatic nitrogens is 3. The zero-order valence-corrected chi connectivity index (χ0v) is 21.2. The Morgan fingerprint density at radius 3 is 2.35 bits per heavy atom. The van der Waals surface area contributed by atoms with Gasteiger partial charge in [0.1, 0.15) is 9.90 Å². The molecule has 0 aliphatic rings. The van der Waals surface area contributed by atoms with Crippen LogP contribution in [0.15, 0.2) is 36.7 Å². The third-order valence-electron chi connectivity index (χ3n) is 5.23. The number of imidazole rings is 1. The minimum absolute atomic E-state index is 0.0164. The van der Waals surface area contributed by atoms with Crippen LogP contribution in [0.25, 0.3) is 5.65 Å². The fraction of sp³-hybridized carbons (Fsp3) is 0.455. The van der Waals surface area contributed by atoms with E-state index in [1.165, 1.54) is 35.8 Å². The minimum Gasteiger partial charge on any atom is -0.597 e. The Hall–Kier alpha value is -2.05. The van der Waals surface area contributed by atoms with Crippen molar-refractivity contribution in [3.05, 3.63) is 52.9 Å². The molecular weight excluding hydrogens is 491 g/mol. The highest BCUT2D eigenvalue weighted by molar-refractivity contribution is 7.90. The molecule has 34 heavy (non-hydrogen) atoms. The van der Waals surface area contributed by atoms with Crippen LogP contribution in [0.5, 0.6) is 0 Å². The van der Waals surface area contributed by atoms with Crippen LogP contribution in [0.3, 0.4) is 0 Å². The molecule has 2 aromatic heterocycles. The van der Waals surface area contributed by atoms with Crippen LogP contribution in [0.2, 0.25) is 5.15 Å². The molecule has 7 nitrogen and oxygen atoms in total. The number of rotatable bonds is 7. The van der Waals surface area contributed by atoms with Crippen molar-refractivity contribution >= 4 is 40.0 Å². The molecule has 1 N–H and O–H groups in total. The van der Waals surface area contributed by atoms with Crippen LogP contribution < -0.4 is 5.32 Å². The second kappa shape index (κ2) is 9.90. The summed E-state index contributed by atoms with van der Waals surface area (Å²) in [5.41, 5.74) is 2.30. The molecule has 0 amide bonds. The van der Waals surface area contributed by atoms with E-state index in [0.29, 0.717) is 22.6 Å². The molecule has 0 saturated heterocycles. The molecule has 0 aliphatic heterocycles. The second-order valence-electron chi connectivity index (χ2n) is 8.78. The van der Waals surface area contributed by atoms with Gasteiger partial charge in [0.25, 0.3) is 0 Å². The molecule has 0 radical (unpaired) electrons. The van der Waals surface area contributed by atoms with Crippen molar-refractivity contribution in [3.8, 4) is 0 Å². The Bertz CT molecular complexity index is 1130. The monoisotopic (exact) mass is 517 g/mol. The summed E-state index contributed by atoms with van der Waals surface area (Å²) in [4.78, 5) is 4.29. The molecule has 3 rings (SSSR count). The number of anilines is 2. The summed E-state index contributed by atoms with van der Waals surface area (Å²) in [6, 6.07) is 3.79. The lowest BCUT2D eigenvalue weighted by Gasteiger charge is -2.35. The molecule has 2 heterocycles. The van der Waals surface area contributed by atoms with Gasteiger partial charge in [0.2, 0.25) is 0 Å². The van der Waals surface area contributed by atoms with Crippen molar-refractivity contribution in [2.75, 3.05) is 19.5 Å². The Balaban J connectivity index is 1.94. The lowest BCUT2D eigenvalue weighted by atomic mass is 10.1. The van der Waals surface area contributed by atoms with E-state index in [1.807, 2.05) is 6.92 Å². The van der Waals surface area contributed by atoms with Crippen LogP contribution in [0, 0.1) is 0 Å². The molecule has 3 atom stereocenters. The zero-order valence-electron chi connectivity index (χ0n) is 19.6. The number of methoxy groups -OCH3 is 1. The summed E-state index contributed by atoms with van der Waals surface area (Å²) in [7, 11) is 2.78. The van der Waals surface area contributed by atoms with E-state index in [2.05, 4.69) is 15.4 Å². The fourth-order valence-electron chi connectivity index (χ4n) is 3.58. The van der Waals surface area contributed by atoms with E-state index in [1.54, 1.807) is 40.3 Å². The van der Waals surface area contributed by atoms with Crippen molar-refractivity contribution in [3.63, 3.8) is 0 Å². The number of halogens is 4. The van der Waals surface area contributed by atoms with E-state index in [0.717, 1.165) is 4.31 Å². The highest BCUT2D eigenvalue weighted by atomic mass is 35.5. The first-order valence-corrected chi connectivity index (χ1v) is 11.9. The van der Waals surface area contributed by atoms with Gasteiger partial charge < -0.3 is 14.6 Å². The maximum atomic E-state index is 13.9. The normalized spacial score (nSPS) is 15.5. The molecular formula is C22H27ClF3N5O2S. The number of benzene rings is 1. The topological polar surface area (TPSA) is 77.8 Å². The molecule has 0 saturated carbocycles. The van der Waals surface area contributed by atoms with E-state index in [-0.39, 0.29) is 16.8 Å². The summed E-state index contributed by atoms with van der Waals surface area (Å²) >= 11 is 4.16. The molecule has 0 aliphatic carbocycles. The van der Waals surface area contributed by atoms with Crippen molar-refractivity contribution in [2.45, 2.75) is 50.8 Å². The first-order chi connectivity index (χ1) is 15.7. The smallest absolute Gasteiger partial charge is 0.412 e. The van der Waals surface area contributed by atoms with Crippen molar-refractivity contribution in [1.29, 1.82) is 0 Å². The van der Waals surface area contributed by atoms with Gasteiger partial charge in [-0.25, -0.2) is 9.50 Å². The van der Waals surface area contributed by atoms with Crippen LogP contribution in [-0.4, -0.2) is 48.5 Å². The molecule has 0 fully saturated rings. The van der Waals surface area contributed by atoms with Crippen LogP contribution >= 0.6 is 11.6 Å². The molecule has 1 aromatic carbocycles. The number of hydrogen-bond donors (Lipinski definition) is 1. The van der Waals surface area contributed by atoms with Gasteiger partial charge in [-0.15, -0.1) is 4.31 Å². The first-order valence-electron chi connectivity index (χ1n) is 10.4. The van der Waals surface area contributed by atoms with Crippen LogP contribution in [-0.2, 0) is 16.1 Å². The SMILES string of the molecule is CO[C@@H](C)c1c(Nc2ccc([C@H](N(C)[S@+]([O-])C(C)(C)C)C(F)(F)F)cc2)cnn2cc(Cl)nc12. The van der Waals surface area contributed by atoms with E-state index in [4.69, 9.17) is 16.3 Å². The quantitative estimate of drug-likeness (QED) is 0.397. The first kappa shape index (κ1) is 26.6. The van der Waals surface area contributed by atoms with Gasteiger partial charge in [0.05, 0.1) is 29.7 Å². The van der Waals surface area contributed by atoms with Gasteiger partial charge >= 0.3 is 6.18 Å². The van der Waals surface area contributed by atoms with Gasteiger partial charge in [-0.05, 0) is 45.4 Å². The Kier molecular flexibility index (Phi) is 7.73. The van der Waals surface area contributed by atoms with Gasteiger partial charge in [0, 0.05) is 31.2 Å². The Labute approximate surface area is 204 Å². The fourth-order valence-corrected chi connectivity index (χ4v) is 5.05. The van der Waals surface area contributed by atoms with Crippen molar-refractivity contribution in [2.24, 2.45) is 0 Å². The zero-order chi connectivity index (χ0) is 25.4. The van der Waals surface area contributed by atoms with Crippen LogP contribution in [0.4, 0.5) is 24.5 Å². The number of fused-ring (bicyclic) bond motifs is 1. The molecule has 0 bridgehead atoms. The van der Waals surface area contributed by atoms with Gasteiger partial charge in [-0.2, -0.15) is 18.3 Å². The number of ether oxygens (including phenoxy) is 1. The highest BCUT2D eigenvalue weighted by Gasteiger charge is 2.50. The van der Waals surface area contributed by atoms with E-state index >= 15 is 0 Å². The average Bonchev–Trinajstić information content (AvgIpc) is 3.12. The van der Waals surface area contributed by atoms with Crippen LogP contribution in [0.1, 0.15) is 51.0 Å². The summed E-state index contributed by atoms with van der Waals surface area (Å²) in [6.07, 6.45) is -1.83. The predicted molar refractivity (Wildman–Crippen MR) is 128 cm³/mol. The van der Waals surface area contributed by atoms with Crippen molar-refractivity contribution in [1.82, 2.24) is 18.9 Å². The third-order valence-corrected chi connectivity index (χ3v) is 7.19. The largest absolute Gasteiger partial charge is 0.597 e. The van der Waals surface area contributed by atoms with Crippen molar-refractivity contribution < 1.29 is 22.5 Å².